The first-order chi connectivity index (χ1) is 9.94. The molecule has 0 saturated heterocycles. The fourth-order valence-corrected chi connectivity index (χ4v) is 2.37. The summed E-state index contributed by atoms with van der Waals surface area (Å²) in [4.78, 5) is 12.3. The van der Waals surface area contributed by atoms with Gasteiger partial charge in [-0.05, 0) is 25.5 Å². The molecule has 6 nitrogen and oxygen atoms in total. The number of aromatic nitrogens is 3. The third kappa shape index (κ3) is 3.52. The third-order valence-corrected chi connectivity index (χ3v) is 3.42. The zero-order valence-corrected chi connectivity index (χ0v) is 12.7. The van der Waals surface area contributed by atoms with E-state index in [2.05, 4.69) is 10.4 Å². The van der Waals surface area contributed by atoms with Crippen LogP contribution in [0.5, 0.6) is 0 Å². The first-order valence-electron chi connectivity index (χ1n) is 7.10. The van der Waals surface area contributed by atoms with Crippen LogP contribution in [-0.4, -0.2) is 37.5 Å². The van der Waals surface area contributed by atoms with Crippen LogP contribution in [0.15, 0.2) is 30.7 Å². The highest BCUT2D eigenvalue weighted by atomic mass is 16.3. The molecule has 0 radical (unpaired) electrons. The van der Waals surface area contributed by atoms with Gasteiger partial charge in [0, 0.05) is 26.0 Å². The minimum absolute atomic E-state index is 0.222. The molecule has 0 aliphatic carbocycles. The van der Waals surface area contributed by atoms with E-state index in [-0.39, 0.29) is 12.5 Å². The highest BCUT2D eigenvalue weighted by Crippen LogP contribution is 2.15. The highest BCUT2D eigenvalue weighted by molar-refractivity contribution is 5.97. The molecule has 1 unspecified atom stereocenters. The summed E-state index contributed by atoms with van der Waals surface area (Å²) in [6.07, 6.45) is 6.77. The number of aryl methyl sites for hydroxylation is 1. The number of hydrogen-bond acceptors (Lipinski definition) is 3. The number of hydrogen-bond donors (Lipinski definition) is 2. The normalized spacial score (nSPS) is 13.9. The zero-order valence-electron chi connectivity index (χ0n) is 12.7. The Bertz CT molecular complexity index is 599. The van der Waals surface area contributed by atoms with Crippen molar-refractivity contribution in [3.8, 4) is 5.82 Å². The SMILES string of the molecule is CCCC(C)(O)CNC(=O)c1cnn(C)c1-n1cccc1. The lowest BCUT2D eigenvalue weighted by atomic mass is 10.0. The molecular weight excluding hydrogens is 268 g/mol. The van der Waals surface area contributed by atoms with E-state index in [0.29, 0.717) is 17.8 Å². The van der Waals surface area contributed by atoms with Gasteiger partial charge in [0.15, 0.2) is 0 Å². The van der Waals surface area contributed by atoms with Crippen molar-refractivity contribution >= 4 is 5.91 Å². The van der Waals surface area contributed by atoms with Gasteiger partial charge in [-0.2, -0.15) is 5.10 Å². The van der Waals surface area contributed by atoms with Crippen molar-refractivity contribution < 1.29 is 9.90 Å². The van der Waals surface area contributed by atoms with E-state index in [4.69, 9.17) is 0 Å². The molecule has 0 saturated carbocycles. The van der Waals surface area contributed by atoms with Gasteiger partial charge in [0.2, 0.25) is 0 Å². The van der Waals surface area contributed by atoms with E-state index < -0.39 is 5.60 Å². The number of aliphatic hydroxyl groups is 1. The Labute approximate surface area is 124 Å². The maximum atomic E-state index is 12.3. The second-order valence-electron chi connectivity index (χ2n) is 5.53. The van der Waals surface area contributed by atoms with Gasteiger partial charge in [-0.25, -0.2) is 0 Å². The van der Waals surface area contributed by atoms with Crippen molar-refractivity contribution in [2.45, 2.75) is 32.3 Å². The second kappa shape index (κ2) is 6.13. The average molecular weight is 290 g/mol. The van der Waals surface area contributed by atoms with Crippen LogP contribution < -0.4 is 5.32 Å². The lowest BCUT2D eigenvalue weighted by Crippen LogP contribution is -2.40. The van der Waals surface area contributed by atoms with Gasteiger partial charge >= 0.3 is 0 Å². The minimum atomic E-state index is -0.889. The summed E-state index contributed by atoms with van der Waals surface area (Å²) in [6, 6.07) is 3.78. The molecule has 6 heteroatoms. The first-order valence-corrected chi connectivity index (χ1v) is 7.10. The van der Waals surface area contributed by atoms with Gasteiger partial charge in [0.25, 0.3) is 5.91 Å². The number of carbonyl (C=O) groups excluding carboxylic acids is 1. The molecule has 0 bridgehead atoms. The van der Waals surface area contributed by atoms with E-state index in [0.717, 1.165) is 6.42 Å². The molecule has 1 amide bonds. The van der Waals surface area contributed by atoms with Gasteiger partial charge in [-0.3, -0.25) is 9.48 Å². The number of carbonyl (C=O) groups is 1. The van der Waals surface area contributed by atoms with Crippen LogP contribution in [0.1, 0.15) is 37.0 Å². The lowest BCUT2D eigenvalue weighted by molar-refractivity contribution is 0.0469. The molecule has 2 aromatic rings. The minimum Gasteiger partial charge on any atom is -0.388 e. The average Bonchev–Trinajstić information content (AvgIpc) is 3.04. The number of amides is 1. The largest absolute Gasteiger partial charge is 0.388 e. The summed E-state index contributed by atoms with van der Waals surface area (Å²) in [5, 5.41) is 17.1. The molecule has 1 atom stereocenters. The summed E-state index contributed by atoms with van der Waals surface area (Å²) in [7, 11) is 1.79. The summed E-state index contributed by atoms with van der Waals surface area (Å²) >= 11 is 0. The molecule has 0 spiro atoms. The fourth-order valence-electron chi connectivity index (χ4n) is 2.37. The van der Waals surface area contributed by atoms with E-state index in [9.17, 15) is 9.90 Å². The molecule has 114 valence electrons. The smallest absolute Gasteiger partial charge is 0.256 e. The summed E-state index contributed by atoms with van der Waals surface area (Å²) in [5.41, 5.74) is -0.402. The molecule has 21 heavy (non-hydrogen) atoms. The van der Waals surface area contributed by atoms with Crippen LogP contribution in [0.25, 0.3) is 5.82 Å². The number of nitrogens with one attached hydrogen (secondary N) is 1. The molecular formula is C15H22N4O2. The third-order valence-electron chi connectivity index (χ3n) is 3.42. The van der Waals surface area contributed by atoms with Crippen molar-refractivity contribution in [3.05, 3.63) is 36.3 Å². The summed E-state index contributed by atoms with van der Waals surface area (Å²) in [5.74, 6) is 0.468. The zero-order chi connectivity index (χ0) is 15.5. The molecule has 0 aliphatic rings. The maximum absolute atomic E-state index is 12.3. The monoisotopic (exact) mass is 290 g/mol. The van der Waals surface area contributed by atoms with Crippen molar-refractivity contribution in [3.63, 3.8) is 0 Å². The van der Waals surface area contributed by atoms with Crippen LogP contribution in [-0.2, 0) is 7.05 Å². The fraction of sp³-hybridized carbons (Fsp3) is 0.467. The van der Waals surface area contributed by atoms with Crippen molar-refractivity contribution in [2.24, 2.45) is 7.05 Å². The van der Waals surface area contributed by atoms with Gasteiger partial charge in [-0.1, -0.05) is 13.3 Å². The van der Waals surface area contributed by atoms with Crippen LogP contribution in [0.2, 0.25) is 0 Å². The topological polar surface area (TPSA) is 72.1 Å². The number of rotatable bonds is 6. The van der Waals surface area contributed by atoms with Gasteiger partial charge < -0.3 is 15.0 Å². The quantitative estimate of drug-likeness (QED) is 0.846. The highest BCUT2D eigenvalue weighted by Gasteiger charge is 2.22. The molecule has 0 aromatic carbocycles. The van der Waals surface area contributed by atoms with Crippen LogP contribution in [0.3, 0.4) is 0 Å². The Morgan fingerprint density at radius 1 is 1.43 bits per heavy atom. The van der Waals surface area contributed by atoms with Crippen LogP contribution >= 0.6 is 0 Å². The Morgan fingerprint density at radius 2 is 2.10 bits per heavy atom. The van der Waals surface area contributed by atoms with Gasteiger partial charge in [-0.15, -0.1) is 0 Å². The van der Waals surface area contributed by atoms with E-state index in [1.165, 1.54) is 0 Å². The van der Waals surface area contributed by atoms with Crippen molar-refractivity contribution in [2.75, 3.05) is 6.54 Å². The molecule has 2 heterocycles. The maximum Gasteiger partial charge on any atom is 0.256 e. The van der Waals surface area contributed by atoms with Crippen molar-refractivity contribution in [1.82, 2.24) is 19.7 Å². The van der Waals surface area contributed by atoms with E-state index >= 15 is 0 Å². The summed E-state index contributed by atoms with van der Waals surface area (Å²) in [6.45, 7) is 3.95. The Morgan fingerprint density at radius 3 is 2.71 bits per heavy atom. The standard InChI is InChI=1S/C15H22N4O2/c1-4-7-15(2,21)11-16-13(20)12-10-17-18(3)14(12)19-8-5-6-9-19/h5-6,8-10,21H,4,7,11H2,1-3H3,(H,16,20). The molecule has 0 aliphatic heterocycles. The predicted octanol–water partition coefficient (Wildman–Crippen LogP) is 1.49. The molecule has 0 fully saturated rings. The molecule has 2 aromatic heterocycles. The van der Waals surface area contributed by atoms with Crippen LogP contribution in [0, 0.1) is 0 Å². The van der Waals surface area contributed by atoms with E-state index in [1.54, 1.807) is 24.9 Å². The van der Waals surface area contributed by atoms with Gasteiger partial charge in [0.05, 0.1) is 11.8 Å². The predicted molar refractivity (Wildman–Crippen MR) is 80.4 cm³/mol. The van der Waals surface area contributed by atoms with E-state index in [1.807, 2.05) is 36.0 Å². The van der Waals surface area contributed by atoms with Gasteiger partial charge in [0.1, 0.15) is 11.4 Å². The Balaban J connectivity index is 2.14. The van der Waals surface area contributed by atoms with Crippen molar-refractivity contribution in [1.29, 1.82) is 0 Å². The number of nitrogens with zero attached hydrogens (tertiary/aromatic N) is 3. The molecule has 2 rings (SSSR count). The van der Waals surface area contributed by atoms with Crippen LogP contribution in [0.4, 0.5) is 0 Å². The Hall–Kier alpha value is -2.08. The second-order valence-corrected chi connectivity index (χ2v) is 5.53. The lowest BCUT2D eigenvalue weighted by Gasteiger charge is -2.22. The summed E-state index contributed by atoms with van der Waals surface area (Å²) < 4.78 is 3.49. The molecule has 2 N–H and O–H groups in total. The first kappa shape index (κ1) is 15.3. The Kier molecular flexibility index (Phi) is 4.47.